The lowest BCUT2D eigenvalue weighted by atomic mass is 9.83. The van der Waals surface area contributed by atoms with Crippen LogP contribution in [0.15, 0.2) is 61.2 Å². The van der Waals surface area contributed by atoms with Gasteiger partial charge in [0.2, 0.25) is 0 Å². The average Bonchev–Trinajstić information content (AvgIpc) is 3.37. The van der Waals surface area contributed by atoms with Crippen LogP contribution >= 0.6 is 11.3 Å². The number of carbonyl (C=O) groups excluding carboxylic acids is 1. The number of aryl methyl sites for hydroxylation is 1. The van der Waals surface area contributed by atoms with Gasteiger partial charge >= 0.3 is 0 Å². The van der Waals surface area contributed by atoms with E-state index in [0.717, 1.165) is 24.2 Å². The first-order chi connectivity index (χ1) is 15.1. The summed E-state index contributed by atoms with van der Waals surface area (Å²) in [6.07, 6.45) is 7.20. The van der Waals surface area contributed by atoms with Gasteiger partial charge in [-0.05, 0) is 48.4 Å². The summed E-state index contributed by atoms with van der Waals surface area (Å²) in [6, 6.07) is 12.3. The zero-order valence-electron chi connectivity index (χ0n) is 17.6. The highest BCUT2D eigenvalue weighted by Gasteiger charge is 2.57. The maximum Gasteiger partial charge on any atom is 0.257 e. The van der Waals surface area contributed by atoms with Crippen LogP contribution in [0.3, 0.4) is 0 Å². The Hall–Kier alpha value is -2.61. The van der Waals surface area contributed by atoms with Crippen LogP contribution in [0, 0.1) is 6.92 Å². The largest absolute Gasteiger partial charge is 0.361 e. The molecule has 0 saturated carbocycles. The molecule has 3 aromatic rings. The third kappa shape index (κ3) is 4.01. The van der Waals surface area contributed by atoms with Crippen LogP contribution < -0.4 is 0 Å². The first-order valence-electron chi connectivity index (χ1n) is 10.6. The number of likely N-dealkylation sites (tertiary alicyclic amines) is 1. The Morgan fingerprint density at radius 2 is 2.00 bits per heavy atom. The maximum absolute atomic E-state index is 13.9. The fourth-order valence-electron chi connectivity index (χ4n) is 4.77. The molecule has 6 nitrogen and oxygen atoms in total. The van der Waals surface area contributed by atoms with Crippen molar-refractivity contribution in [1.82, 2.24) is 19.8 Å². The van der Waals surface area contributed by atoms with E-state index in [2.05, 4.69) is 40.0 Å². The second-order valence-corrected chi connectivity index (χ2v) is 9.71. The van der Waals surface area contributed by atoms with Crippen molar-refractivity contribution < 1.29 is 9.53 Å². The highest BCUT2D eigenvalue weighted by Crippen LogP contribution is 2.42. The zero-order chi connectivity index (χ0) is 21.3. The predicted octanol–water partition coefficient (Wildman–Crippen LogP) is 3.24. The summed E-state index contributed by atoms with van der Waals surface area (Å²) in [7, 11) is 0. The Balaban J connectivity index is 1.44. The van der Waals surface area contributed by atoms with Crippen molar-refractivity contribution >= 4 is 17.2 Å². The molecule has 31 heavy (non-hydrogen) atoms. The third-order valence-corrected chi connectivity index (χ3v) is 7.20. The number of morpholine rings is 1. The molecule has 3 aromatic heterocycles. The van der Waals surface area contributed by atoms with Gasteiger partial charge in [0, 0.05) is 73.2 Å². The molecule has 2 saturated heterocycles. The SMILES string of the molecule is Cc1ccc(CN2C[C@H](c3cccnc3)[C@]3(C2)OCCN(Cc2ccncc2)C3=O)s1. The highest BCUT2D eigenvalue weighted by atomic mass is 32.1. The van der Waals surface area contributed by atoms with Crippen LogP contribution in [-0.4, -0.2) is 57.5 Å². The Kier molecular flexibility index (Phi) is 5.56. The van der Waals surface area contributed by atoms with E-state index in [0.29, 0.717) is 26.2 Å². The Morgan fingerprint density at radius 3 is 2.74 bits per heavy atom. The fraction of sp³-hybridized carbons (Fsp3) is 0.375. The molecule has 2 aliphatic rings. The molecule has 2 atom stereocenters. The van der Waals surface area contributed by atoms with Crippen molar-refractivity contribution in [3.05, 3.63) is 82.1 Å². The van der Waals surface area contributed by atoms with Crippen molar-refractivity contribution in [2.24, 2.45) is 0 Å². The van der Waals surface area contributed by atoms with Gasteiger partial charge in [0.1, 0.15) is 0 Å². The lowest BCUT2D eigenvalue weighted by Gasteiger charge is -2.42. The predicted molar refractivity (Wildman–Crippen MR) is 120 cm³/mol. The van der Waals surface area contributed by atoms with E-state index in [1.807, 2.05) is 40.6 Å². The molecule has 0 radical (unpaired) electrons. The van der Waals surface area contributed by atoms with E-state index in [9.17, 15) is 4.79 Å². The van der Waals surface area contributed by atoms with Crippen LogP contribution in [0.2, 0.25) is 0 Å². The quantitative estimate of drug-likeness (QED) is 0.617. The van der Waals surface area contributed by atoms with E-state index >= 15 is 0 Å². The van der Waals surface area contributed by atoms with Gasteiger partial charge in [-0.2, -0.15) is 0 Å². The van der Waals surface area contributed by atoms with Crippen molar-refractivity contribution in [3.63, 3.8) is 0 Å². The molecule has 0 unspecified atom stereocenters. The molecule has 2 fully saturated rings. The van der Waals surface area contributed by atoms with Gasteiger partial charge in [-0.15, -0.1) is 11.3 Å². The smallest absolute Gasteiger partial charge is 0.257 e. The summed E-state index contributed by atoms with van der Waals surface area (Å²) in [5.74, 6) is 0.0317. The summed E-state index contributed by atoms with van der Waals surface area (Å²) < 4.78 is 6.38. The van der Waals surface area contributed by atoms with Crippen LogP contribution in [0.1, 0.15) is 26.8 Å². The van der Waals surface area contributed by atoms with Gasteiger partial charge in [0.25, 0.3) is 5.91 Å². The minimum Gasteiger partial charge on any atom is -0.361 e. The number of rotatable bonds is 5. The van der Waals surface area contributed by atoms with Crippen molar-refractivity contribution in [2.75, 3.05) is 26.2 Å². The summed E-state index contributed by atoms with van der Waals surface area (Å²) in [5.41, 5.74) is 1.27. The van der Waals surface area contributed by atoms with Crippen LogP contribution in [0.25, 0.3) is 0 Å². The first-order valence-corrected chi connectivity index (χ1v) is 11.5. The van der Waals surface area contributed by atoms with Crippen molar-refractivity contribution in [2.45, 2.75) is 31.5 Å². The molecule has 2 aliphatic heterocycles. The number of carbonyl (C=O) groups is 1. The van der Waals surface area contributed by atoms with E-state index in [1.165, 1.54) is 9.75 Å². The van der Waals surface area contributed by atoms with Gasteiger partial charge in [-0.25, -0.2) is 0 Å². The number of hydrogen-bond donors (Lipinski definition) is 0. The summed E-state index contributed by atoms with van der Waals surface area (Å²) >= 11 is 1.81. The minimum absolute atomic E-state index is 0.0463. The molecule has 1 amide bonds. The van der Waals surface area contributed by atoms with Crippen molar-refractivity contribution in [3.8, 4) is 0 Å². The zero-order valence-corrected chi connectivity index (χ0v) is 18.4. The van der Waals surface area contributed by atoms with E-state index < -0.39 is 5.60 Å². The maximum atomic E-state index is 13.9. The molecule has 160 valence electrons. The minimum atomic E-state index is -0.874. The van der Waals surface area contributed by atoms with Gasteiger partial charge < -0.3 is 9.64 Å². The standard InChI is InChI=1S/C24H26N4O2S/c1-18-4-5-21(31-18)15-27-16-22(20-3-2-8-26-13-20)24(17-27)23(29)28(11-12-30-24)14-19-6-9-25-10-7-19/h2-10,13,22H,11-12,14-17H2,1H3/t22-,24+/m1/s1. The number of pyridine rings is 2. The number of nitrogens with zero attached hydrogens (tertiary/aromatic N) is 4. The summed E-state index contributed by atoms with van der Waals surface area (Å²) in [5, 5.41) is 0. The normalized spacial score (nSPS) is 24.2. The molecular formula is C24H26N4O2S. The molecule has 5 heterocycles. The Morgan fingerprint density at radius 1 is 1.13 bits per heavy atom. The van der Waals surface area contributed by atoms with Gasteiger partial charge in [0.05, 0.1) is 6.61 Å². The van der Waals surface area contributed by atoms with Crippen LogP contribution in [-0.2, 0) is 22.6 Å². The molecule has 7 heteroatoms. The monoisotopic (exact) mass is 434 g/mol. The van der Waals surface area contributed by atoms with Gasteiger partial charge in [-0.1, -0.05) is 6.07 Å². The van der Waals surface area contributed by atoms with Gasteiger partial charge in [0.15, 0.2) is 5.60 Å². The molecule has 0 aliphatic carbocycles. The highest BCUT2D eigenvalue weighted by molar-refractivity contribution is 7.11. The molecular weight excluding hydrogens is 408 g/mol. The molecule has 0 bridgehead atoms. The fourth-order valence-corrected chi connectivity index (χ4v) is 5.70. The first kappa shape index (κ1) is 20.3. The molecule has 0 aromatic carbocycles. The van der Waals surface area contributed by atoms with Gasteiger partial charge in [-0.3, -0.25) is 19.7 Å². The van der Waals surface area contributed by atoms with E-state index in [1.54, 1.807) is 18.6 Å². The Labute approximate surface area is 186 Å². The lowest BCUT2D eigenvalue weighted by molar-refractivity contribution is -0.173. The number of aromatic nitrogens is 2. The number of thiophene rings is 1. The van der Waals surface area contributed by atoms with Crippen LogP contribution in [0.5, 0.6) is 0 Å². The van der Waals surface area contributed by atoms with E-state index in [-0.39, 0.29) is 11.8 Å². The second kappa shape index (κ2) is 8.49. The lowest BCUT2D eigenvalue weighted by Crippen LogP contribution is -2.59. The number of hydrogen-bond acceptors (Lipinski definition) is 6. The summed E-state index contributed by atoms with van der Waals surface area (Å²) in [6.45, 7) is 6.05. The number of amides is 1. The summed E-state index contributed by atoms with van der Waals surface area (Å²) in [4.78, 5) is 29.2. The van der Waals surface area contributed by atoms with Crippen molar-refractivity contribution in [1.29, 1.82) is 0 Å². The number of ether oxygens (including phenoxy) is 1. The second-order valence-electron chi connectivity index (χ2n) is 8.34. The Bertz CT molecular complexity index is 1040. The molecule has 5 rings (SSSR count). The van der Waals surface area contributed by atoms with E-state index in [4.69, 9.17) is 4.74 Å². The van der Waals surface area contributed by atoms with Crippen LogP contribution in [0.4, 0.5) is 0 Å². The third-order valence-electron chi connectivity index (χ3n) is 6.22. The molecule has 0 N–H and O–H groups in total. The topological polar surface area (TPSA) is 58.6 Å². The molecule has 1 spiro atoms. The average molecular weight is 435 g/mol.